The third-order valence-electron chi connectivity index (χ3n) is 4.43. The highest BCUT2D eigenvalue weighted by Crippen LogP contribution is 2.41. The van der Waals surface area contributed by atoms with E-state index < -0.39 is 11.4 Å². The first kappa shape index (κ1) is 17.1. The van der Waals surface area contributed by atoms with Gasteiger partial charge in [0, 0.05) is 4.83 Å². The van der Waals surface area contributed by atoms with E-state index in [1.165, 1.54) is 11.1 Å². The van der Waals surface area contributed by atoms with E-state index in [2.05, 4.69) is 20.9 Å². The molecular weight excluding hydrogens is 372 g/mol. The summed E-state index contributed by atoms with van der Waals surface area (Å²) < 4.78 is 1.02. The van der Waals surface area contributed by atoms with Gasteiger partial charge in [0.15, 0.2) is 0 Å². The van der Waals surface area contributed by atoms with Gasteiger partial charge in [0.1, 0.15) is 5.82 Å². The summed E-state index contributed by atoms with van der Waals surface area (Å²) >= 11 is 3.68. The van der Waals surface area contributed by atoms with Gasteiger partial charge in [0.05, 0.1) is 16.3 Å². The quantitative estimate of drug-likeness (QED) is 0.697. The second-order valence-corrected chi connectivity index (χ2v) is 8.47. The average Bonchev–Trinajstić information content (AvgIpc) is 2.83. The smallest absolute Gasteiger partial charge is 0.331 e. The molecule has 0 N–H and O–H groups in total. The monoisotopic (exact) mass is 392 g/mol. The van der Waals surface area contributed by atoms with Crippen LogP contribution < -0.4 is 10.4 Å². The number of carbonyl (C=O) groups is 1. The number of halogens is 1. The molecule has 3 rings (SSSR count). The Labute approximate surface area is 149 Å². The summed E-state index contributed by atoms with van der Waals surface area (Å²) in [5.74, 6) is -0.0936. The fourth-order valence-corrected chi connectivity index (χ4v) is 3.97. The van der Waals surface area contributed by atoms with Crippen LogP contribution in [0.15, 0.2) is 10.9 Å². The number of aryl methyl sites for hydroxylation is 3. The summed E-state index contributed by atoms with van der Waals surface area (Å²) in [6, 6.07) is 1.99. The van der Waals surface area contributed by atoms with E-state index >= 15 is 0 Å². The number of hydrogen-bond acceptors (Lipinski definition) is 4. The van der Waals surface area contributed by atoms with Crippen molar-refractivity contribution in [2.75, 3.05) is 0 Å². The summed E-state index contributed by atoms with van der Waals surface area (Å²) in [7, 11) is 0. The van der Waals surface area contributed by atoms with Gasteiger partial charge in [-0.25, -0.2) is 9.78 Å². The van der Waals surface area contributed by atoms with E-state index in [4.69, 9.17) is 4.84 Å². The van der Waals surface area contributed by atoms with Crippen molar-refractivity contribution in [3.05, 3.63) is 38.9 Å². The van der Waals surface area contributed by atoms with Crippen LogP contribution in [0.4, 0.5) is 0 Å². The first-order chi connectivity index (χ1) is 11.1. The minimum atomic E-state index is -0.700. The lowest BCUT2D eigenvalue weighted by Gasteiger charge is -2.19. The predicted molar refractivity (Wildman–Crippen MR) is 96.5 cm³/mol. The molecule has 1 aliphatic carbocycles. The first-order valence-electron chi connectivity index (χ1n) is 8.04. The number of nitrogens with zero attached hydrogens (tertiary/aromatic N) is 2. The van der Waals surface area contributed by atoms with Gasteiger partial charge >= 0.3 is 5.97 Å². The molecule has 0 fully saturated rings. The summed E-state index contributed by atoms with van der Waals surface area (Å²) in [6.07, 6.45) is 1.99. The first-order valence-corrected chi connectivity index (χ1v) is 8.95. The molecule has 0 radical (unpaired) electrons. The third kappa shape index (κ3) is 2.66. The van der Waals surface area contributed by atoms with Gasteiger partial charge in [-0.3, -0.25) is 4.79 Å². The molecule has 1 aromatic carbocycles. The van der Waals surface area contributed by atoms with E-state index in [1.54, 1.807) is 27.7 Å². The highest BCUT2D eigenvalue weighted by atomic mass is 79.9. The second-order valence-electron chi connectivity index (χ2n) is 7.36. The van der Waals surface area contributed by atoms with Crippen LogP contribution in [-0.2, 0) is 11.2 Å². The van der Waals surface area contributed by atoms with Crippen molar-refractivity contribution in [2.24, 2.45) is 5.41 Å². The Morgan fingerprint density at radius 2 is 2.04 bits per heavy atom. The zero-order chi connectivity index (χ0) is 17.8. The van der Waals surface area contributed by atoms with Crippen molar-refractivity contribution >= 4 is 32.8 Å². The van der Waals surface area contributed by atoms with E-state index in [-0.39, 0.29) is 10.4 Å². The molecule has 6 heteroatoms. The molecule has 0 amide bonds. The molecule has 128 valence electrons. The van der Waals surface area contributed by atoms with Crippen molar-refractivity contribution in [1.82, 2.24) is 9.71 Å². The Balaban J connectivity index is 2.24. The van der Waals surface area contributed by atoms with Crippen molar-refractivity contribution in [2.45, 2.75) is 52.3 Å². The number of benzene rings is 1. The van der Waals surface area contributed by atoms with Crippen LogP contribution in [0.2, 0.25) is 0 Å². The predicted octanol–water partition coefficient (Wildman–Crippen LogP) is 3.40. The topological polar surface area (TPSA) is 61.2 Å². The highest BCUT2D eigenvalue weighted by Gasteiger charge is 2.28. The summed E-state index contributed by atoms with van der Waals surface area (Å²) in [6.45, 7) is 8.86. The normalized spacial score (nSPS) is 17.2. The lowest BCUT2D eigenvalue weighted by Crippen LogP contribution is -2.38. The van der Waals surface area contributed by atoms with Gasteiger partial charge in [-0.2, -0.15) is 0 Å². The van der Waals surface area contributed by atoms with Crippen LogP contribution in [0.25, 0.3) is 10.9 Å². The zero-order valence-corrected chi connectivity index (χ0v) is 16.2. The standard InChI is InChI=1S/C18H21BrN2O3/c1-9-14-11(6-7-12(14)19)8-13-15(9)16(22)21(10(2)20-13)24-17(23)18(3,4)5/h8,12H,6-7H2,1-5H3. The lowest BCUT2D eigenvalue weighted by molar-refractivity contribution is -0.154. The van der Waals surface area contributed by atoms with Gasteiger partial charge in [-0.1, -0.05) is 15.9 Å². The minimum absolute atomic E-state index is 0.253. The Morgan fingerprint density at radius 3 is 2.67 bits per heavy atom. The van der Waals surface area contributed by atoms with Crippen LogP contribution in [-0.4, -0.2) is 15.7 Å². The van der Waals surface area contributed by atoms with Crippen LogP contribution in [0.3, 0.4) is 0 Å². The third-order valence-corrected chi connectivity index (χ3v) is 5.35. The molecule has 1 unspecified atom stereocenters. The maximum Gasteiger partial charge on any atom is 0.338 e. The van der Waals surface area contributed by atoms with E-state index in [1.807, 2.05) is 13.0 Å². The molecule has 0 saturated carbocycles. The summed E-state index contributed by atoms with van der Waals surface area (Å²) in [5.41, 5.74) is 2.95. The SMILES string of the molecule is Cc1c2c(cc3nc(C)n(OC(=O)C(C)(C)C)c(=O)c13)CCC2Br. The van der Waals surface area contributed by atoms with Crippen molar-refractivity contribution in [1.29, 1.82) is 0 Å². The van der Waals surface area contributed by atoms with E-state index in [0.29, 0.717) is 16.7 Å². The van der Waals surface area contributed by atoms with Gasteiger partial charge in [0.2, 0.25) is 0 Å². The Hall–Kier alpha value is -1.69. The molecular formula is C18H21BrN2O3. The lowest BCUT2D eigenvalue weighted by atomic mass is 9.98. The Morgan fingerprint density at radius 1 is 1.38 bits per heavy atom. The number of alkyl halides is 1. The van der Waals surface area contributed by atoms with Crippen LogP contribution in [0, 0.1) is 19.3 Å². The average molecular weight is 393 g/mol. The van der Waals surface area contributed by atoms with Crippen molar-refractivity contribution in [3.8, 4) is 0 Å². The molecule has 0 aliphatic heterocycles. The number of rotatable bonds is 1. The molecule has 1 aliphatic rings. The number of hydrogen-bond donors (Lipinski definition) is 0. The second kappa shape index (κ2) is 5.69. The summed E-state index contributed by atoms with van der Waals surface area (Å²) in [5, 5.41) is 0.521. The van der Waals surface area contributed by atoms with Gasteiger partial charge in [0.25, 0.3) is 5.56 Å². The largest absolute Gasteiger partial charge is 0.338 e. The molecule has 0 saturated heterocycles. The minimum Gasteiger partial charge on any atom is -0.331 e. The van der Waals surface area contributed by atoms with Crippen LogP contribution >= 0.6 is 15.9 Å². The van der Waals surface area contributed by atoms with Gasteiger partial charge in [-0.05, 0) is 70.2 Å². The molecule has 1 aromatic heterocycles. The summed E-state index contributed by atoms with van der Waals surface area (Å²) in [4.78, 5) is 35.3. The molecule has 5 nitrogen and oxygen atoms in total. The van der Waals surface area contributed by atoms with Crippen molar-refractivity contribution < 1.29 is 9.63 Å². The van der Waals surface area contributed by atoms with E-state index in [0.717, 1.165) is 23.1 Å². The van der Waals surface area contributed by atoms with Crippen molar-refractivity contribution in [3.63, 3.8) is 0 Å². The molecule has 24 heavy (non-hydrogen) atoms. The number of carbonyl (C=O) groups excluding carboxylic acids is 1. The van der Waals surface area contributed by atoms with Gasteiger partial charge < -0.3 is 4.84 Å². The number of fused-ring (bicyclic) bond motifs is 2. The Bertz CT molecular complexity index is 909. The van der Waals surface area contributed by atoms with Crippen LogP contribution in [0.1, 0.15) is 54.5 Å². The zero-order valence-electron chi connectivity index (χ0n) is 14.6. The maximum absolute atomic E-state index is 13.0. The molecule has 1 atom stereocenters. The van der Waals surface area contributed by atoms with Crippen LogP contribution in [0.5, 0.6) is 0 Å². The number of aromatic nitrogens is 2. The Kier molecular flexibility index (Phi) is 4.06. The molecule has 1 heterocycles. The fourth-order valence-electron chi connectivity index (χ4n) is 3.11. The van der Waals surface area contributed by atoms with Gasteiger partial charge in [-0.15, -0.1) is 4.73 Å². The molecule has 0 bridgehead atoms. The molecule has 0 spiro atoms. The fraction of sp³-hybridized carbons (Fsp3) is 0.500. The molecule has 2 aromatic rings. The maximum atomic E-state index is 13.0. The highest BCUT2D eigenvalue weighted by molar-refractivity contribution is 9.09. The van der Waals surface area contributed by atoms with E-state index in [9.17, 15) is 9.59 Å².